The molecule has 1 aliphatic heterocycles. The minimum atomic E-state index is -0.853. The minimum Gasteiger partial charge on any atom is -0.366 e. The van der Waals surface area contributed by atoms with Crippen LogP contribution in [0, 0.1) is 11.3 Å². The van der Waals surface area contributed by atoms with Crippen LogP contribution in [0.3, 0.4) is 0 Å². The molecule has 3 aromatic heterocycles. The fourth-order valence-electron chi connectivity index (χ4n) is 5.26. The number of carbonyl (C=O) groups is 1. The van der Waals surface area contributed by atoms with Crippen LogP contribution in [0.15, 0.2) is 30.9 Å². The van der Waals surface area contributed by atoms with Crippen LogP contribution in [0.5, 0.6) is 0 Å². The lowest BCUT2D eigenvalue weighted by Gasteiger charge is -2.46. The van der Waals surface area contributed by atoms with Gasteiger partial charge in [-0.15, -0.1) is 0 Å². The summed E-state index contributed by atoms with van der Waals surface area (Å²) in [4.78, 5) is 31.5. The Morgan fingerprint density at radius 2 is 1.97 bits per heavy atom. The molecule has 1 amide bonds. The second-order valence-corrected chi connectivity index (χ2v) is 10.4. The summed E-state index contributed by atoms with van der Waals surface area (Å²) < 4.78 is 7.73. The van der Waals surface area contributed by atoms with E-state index in [-0.39, 0.29) is 18.0 Å². The maximum Gasteiger partial charge on any atom is 0.254 e. The molecule has 0 radical (unpaired) electrons. The Morgan fingerprint density at radius 1 is 1.19 bits per heavy atom. The Bertz CT molecular complexity index is 1340. The highest BCUT2D eigenvalue weighted by Crippen LogP contribution is 2.46. The van der Waals surface area contributed by atoms with Crippen molar-refractivity contribution >= 4 is 22.8 Å². The fourth-order valence-corrected chi connectivity index (χ4v) is 5.26. The number of amides is 1. The van der Waals surface area contributed by atoms with Gasteiger partial charge in [0.15, 0.2) is 5.65 Å². The van der Waals surface area contributed by atoms with E-state index in [0.29, 0.717) is 37.0 Å². The number of hydrogen-bond acceptors (Lipinski definition) is 7. The first-order valence-corrected chi connectivity index (χ1v) is 12.7. The molecule has 5 rings (SSSR count). The minimum absolute atomic E-state index is 0.00103. The van der Waals surface area contributed by atoms with Crippen LogP contribution in [0.25, 0.3) is 16.9 Å². The molecule has 2 aliphatic rings. The molecule has 0 N–H and O–H groups in total. The monoisotopic (exact) mass is 487 g/mol. The summed E-state index contributed by atoms with van der Waals surface area (Å²) in [6, 6.07) is 5.75. The second-order valence-electron chi connectivity index (χ2n) is 10.4. The number of rotatable bonds is 6. The van der Waals surface area contributed by atoms with Crippen LogP contribution in [-0.4, -0.2) is 67.7 Å². The van der Waals surface area contributed by atoms with Gasteiger partial charge in [-0.25, -0.2) is 15.0 Å². The number of hydrogen-bond donors (Lipinski definition) is 0. The van der Waals surface area contributed by atoms with Crippen molar-refractivity contribution in [2.45, 2.75) is 71.1 Å². The van der Waals surface area contributed by atoms with Gasteiger partial charge in [-0.3, -0.25) is 9.36 Å². The molecular formula is C27H33N7O2. The molecule has 0 spiro atoms. The van der Waals surface area contributed by atoms with Gasteiger partial charge in [-0.05, 0) is 71.1 Å². The summed E-state index contributed by atoms with van der Waals surface area (Å²) >= 11 is 0. The van der Waals surface area contributed by atoms with E-state index >= 15 is 0 Å². The van der Waals surface area contributed by atoms with Gasteiger partial charge in [0.25, 0.3) is 5.91 Å². The van der Waals surface area contributed by atoms with Crippen molar-refractivity contribution in [3.8, 4) is 11.9 Å². The van der Waals surface area contributed by atoms with Gasteiger partial charge in [0.1, 0.15) is 23.6 Å². The number of nitriles is 1. The number of ether oxygens (including phenoxy) is 1. The van der Waals surface area contributed by atoms with Gasteiger partial charge in [-0.2, -0.15) is 5.26 Å². The summed E-state index contributed by atoms with van der Waals surface area (Å²) in [6.07, 6.45) is 7.65. The maximum absolute atomic E-state index is 13.3. The van der Waals surface area contributed by atoms with E-state index < -0.39 is 5.60 Å². The van der Waals surface area contributed by atoms with Gasteiger partial charge in [0.2, 0.25) is 0 Å². The third-order valence-electron chi connectivity index (χ3n) is 7.27. The van der Waals surface area contributed by atoms with Crippen molar-refractivity contribution in [3.63, 3.8) is 0 Å². The van der Waals surface area contributed by atoms with Gasteiger partial charge in [0.05, 0.1) is 17.0 Å². The first-order valence-electron chi connectivity index (χ1n) is 12.7. The zero-order valence-electron chi connectivity index (χ0n) is 21.6. The third kappa shape index (κ3) is 4.20. The van der Waals surface area contributed by atoms with E-state index in [9.17, 15) is 10.1 Å². The smallest absolute Gasteiger partial charge is 0.254 e. The SMILES string of the molecule is CCOC(C)(C)C(=O)N1C[C@H](C)N(c2ncnc3c2c(C2CC2)cn3-c2cc(C#N)ccn2)C[C@H]1C. The molecule has 1 aliphatic carbocycles. The lowest BCUT2D eigenvalue weighted by atomic mass is 10.0. The molecular weight excluding hydrogens is 454 g/mol. The van der Waals surface area contributed by atoms with Gasteiger partial charge >= 0.3 is 0 Å². The molecule has 0 bridgehead atoms. The van der Waals surface area contributed by atoms with Crippen molar-refractivity contribution in [1.82, 2.24) is 24.4 Å². The number of pyridine rings is 1. The predicted molar refractivity (Wildman–Crippen MR) is 137 cm³/mol. The summed E-state index contributed by atoms with van der Waals surface area (Å²) in [5.74, 6) is 2.06. The lowest BCUT2D eigenvalue weighted by Crippen LogP contribution is -2.62. The normalized spacial score (nSPS) is 20.6. The zero-order valence-corrected chi connectivity index (χ0v) is 21.6. The van der Waals surface area contributed by atoms with E-state index in [4.69, 9.17) is 9.72 Å². The lowest BCUT2D eigenvalue weighted by molar-refractivity contribution is -0.156. The van der Waals surface area contributed by atoms with E-state index in [2.05, 4.69) is 41.0 Å². The molecule has 3 aromatic rings. The van der Waals surface area contributed by atoms with Crippen LogP contribution < -0.4 is 4.90 Å². The van der Waals surface area contributed by atoms with Crippen LogP contribution in [0.4, 0.5) is 5.82 Å². The van der Waals surface area contributed by atoms with Crippen molar-refractivity contribution in [1.29, 1.82) is 5.26 Å². The number of nitrogens with zero attached hydrogens (tertiary/aromatic N) is 7. The Kier molecular flexibility index (Phi) is 6.17. The molecule has 9 heteroatoms. The molecule has 4 heterocycles. The summed E-state index contributed by atoms with van der Waals surface area (Å²) in [7, 11) is 0. The number of carbonyl (C=O) groups excluding carboxylic acids is 1. The average molecular weight is 488 g/mol. The van der Waals surface area contributed by atoms with Crippen molar-refractivity contribution < 1.29 is 9.53 Å². The Morgan fingerprint density at radius 3 is 2.67 bits per heavy atom. The molecule has 36 heavy (non-hydrogen) atoms. The summed E-state index contributed by atoms with van der Waals surface area (Å²) in [5, 5.41) is 10.4. The highest BCUT2D eigenvalue weighted by atomic mass is 16.5. The average Bonchev–Trinajstić information content (AvgIpc) is 3.64. The first kappa shape index (κ1) is 24.2. The van der Waals surface area contributed by atoms with Crippen LogP contribution in [0.2, 0.25) is 0 Å². The Hall–Kier alpha value is -3.51. The van der Waals surface area contributed by atoms with Crippen LogP contribution in [0.1, 0.15) is 64.5 Å². The molecule has 2 fully saturated rings. The predicted octanol–water partition coefficient (Wildman–Crippen LogP) is 3.81. The second kappa shape index (κ2) is 9.17. The van der Waals surface area contributed by atoms with Crippen LogP contribution in [-0.2, 0) is 9.53 Å². The van der Waals surface area contributed by atoms with E-state index in [1.54, 1.807) is 24.7 Å². The molecule has 9 nitrogen and oxygen atoms in total. The molecule has 1 saturated carbocycles. The Labute approximate surface area is 211 Å². The van der Waals surface area contributed by atoms with Crippen molar-refractivity contribution in [2.24, 2.45) is 0 Å². The molecule has 0 unspecified atom stereocenters. The van der Waals surface area contributed by atoms with E-state index in [1.165, 1.54) is 5.56 Å². The maximum atomic E-state index is 13.3. The molecule has 2 atom stereocenters. The van der Waals surface area contributed by atoms with Gasteiger partial charge in [-0.1, -0.05) is 0 Å². The number of fused-ring (bicyclic) bond motifs is 1. The summed E-state index contributed by atoms with van der Waals surface area (Å²) in [5.41, 5.74) is 1.72. The fraction of sp³-hybridized carbons (Fsp3) is 0.519. The van der Waals surface area contributed by atoms with E-state index in [1.807, 2.05) is 30.2 Å². The van der Waals surface area contributed by atoms with Crippen molar-refractivity contribution in [3.05, 3.63) is 42.0 Å². The number of anilines is 1. The Balaban J connectivity index is 1.54. The number of aromatic nitrogens is 4. The topological polar surface area (TPSA) is 100 Å². The third-order valence-corrected chi connectivity index (χ3v) is 7.27. The zero-order chi connectivity index (χ0) is 25.6. The quantitative estimate of drug-likeness (QED) is 0.521. The van der Waals surface area contributed by atoms with Crippen LogP contribution >= 0.6 is 0 Å². The van der Waals surface area contributed by atoms with E-state index in [0.717, 1.165) is 29.7 Å². The van der Waals surface area contributed by atoms with Gasteiger partial charge in [0, 0.05) is 44.2 Å². The first-order chi connectivity index (χ1) is 17.2. The highest BCUT2D eigenvalue weighted by molar-refractivity contribution is 5.93. The summed E-state index contributed by atoms with van der Waals surface area (Å²) in [6.45, 7) is 11.6. The standard InChI is InChI=1S/C27H33N7O2/c1-6-36-27(4,5)26(35)33-14-17(2)32(13-18(33)3)24-23-21(20-7-8-20)15-34(25(23)31-16-30-24)22-11-19(12-28)9-10-29-22/h9-11,15-18,20H,6-8,13-14H2,1-5H3/t17-,18+/m0/s1. The number of piperazine rings is 1. The van der Waals surface area contributed by atoms with Crippen molar-refractivity contribution in [2.75, 3.05) is 24.6 Å². The largest absolute Gasteiger partial charge is 0.366 e. The molecule has 1 saturated heterocycles. The van der Waals surface area contributed by atoms with Gasteiger partial charge < -0.3 is 14.5 Å². The molecule has 0 aromatic carbocycles. The molecule has 188 valence electrons. The highest BCUT2D eigenvalue weighted by Gasteiger charge is 2.40.